The summed E-state index contributed by atoms with van der Waals surface area (Å²) in [6.45, 7) is 0. The number of carboxylic acids is 1. The molecule has 0 saturated carbocycles. The van der Waals surface area contributed by atoms with E-state index in [-0.39, 0.29) is 5.12 Å². The van der Waals surface area contributed by atoms with Crippen LogP contribution >= 0.6 is 11.9 Å². The summed E-state index contributed by atoms with van der Waals surface area (Å²) in [6, 6.07) is 6.23. The average molecular weight is 340 g/mol. The van der Waals surface area contributed by atoms with Crippen molar-refractivity contribution in [3.05, 3.63) is 35.4 Å². The van der Waals surface area contributed by atoms with Gasteiger partial charge in [-0.25, -0.2) is 9.59 Å². The summed E-state index contributed by atoms with van der Waals surface area (Å²) < 4.78 is 36.3. The van der Waals surface area contributed by atoms with Crippen LogP contribution in [0.25, 0.3) is 0 Å². The molecule has 122 valence electrons. The predicted octanol–water partition coefficient (Wildman–Crippen LogP) is 1.36. The van der Waals surface area contributed by atoms with E-state index in [2.05, 4.69) is 9.57 Å². The zero-order valence-electron chi connectivity index (χ0n) is 11.0. The minimum absolute atomic E-state index is 0.261. The maximum atomic E-state index is 11.4. The van der Waals surface area contributed by atoms with Crippen molar-refractivity contribution >= 4 is 29.0 Å². The van der Waals surface area contributed by atoms with E-state index in [1.807, 2.05) is 0 Å². The number of carboxylic acid groups (broad SMARTS) is 1. The van der Waals surface area contributed by atoms with Gasteiger partial charge in [0.05, 0.1) is 12.7 Å². The van der Waals surface area contributed by atoms with E-state index in [0.717, 1.165) is 11.9 Å². The number of rotatable bonds is 3. The number of hydrogen-bond donors (Lipinski definition) is 3. The second-order valence-corrected chi connectivity index (χ2v) is 4.19. The van der Waals surface area contributed by atoms with Crippen LogP contribution in [0.5, 0.6) is 0 Å². The number of alkyl halides is 3. The largest absolute Gasteiger partial charge is 0.490 e. The van der Waals surface area contributed by atoms with Gasteiger partial charge in [-0.15, -0.1) is 0 Å². The Morgan fingerprint density at radius 2 is 1.77 bits per heavy atom. The quantitative estimate of drug-likeness (QED) is 0.327. The summed E-state index contributed by atoms with van der Waals surface area (Å²) in [7, 11) is 1.28. The first-order valence-corrected chi connectivity index (χ1v) is 6.10. The van der Waals surface area contributed by atoms with Crippen molar-refractivity contribution in [2.75, 3.05) is 7.11 Å². The SMILES string of the molecule is COC(=O)c1cccc(C(=O)SNN)c1.O=C(O)C(F)(F)F. The number of halogens is 3. The van der Waals surface area contributed by atoms with E-state index >= 15 is 0 Å². The van der Waals surface area contributed by atoms with E-state index in [4.69, 9.17) is 15.7 Å². The zero-order chi connectivity index (χ0) is 17.3. The van der Waals surface area contributed by atoms with Crippen LogP contribution in [0.1, 0.15) is 20.7 Å². The molecule has 1 aromatic carbocycles. The Hall–Kier alpha value is -2.11. The molecule has 0 heterocycles. The highest BCUT2D eigenvalue weighted by Crippen LogP contribution is 2.13. The second kappa shape index (κ2) is 9.02. The average Bonchev–Trinajstić information content (AvgIpc) is 2.46. The minimum atomic E-state index is -5.08. The molecule has 7 nitrogen and oxygen atoms in total. The number of nitrogens with two attached hydrogens (primary N) is 1. The number of benzene rings is 1. The molecule has 11 heteroatoms. The van der Waals surface area contributed by atoms with Gasteiger partial charge in [-0.2, -0.15) is 18.0 Å². The van der Waals surface area contributed by atoms with Crippen molar-refractivity contribution in [2.24, 2.45) is 5.84 Å². The number of methoxy groups -OCH3 is 1. The van der Waals surface area contributed by atoms with Crippen molar-refractivity contribution in [1.82, 2.24) is 4.83 Å². The van der Waals surface area contributed by atoms with Crippen molar-refractivity contribution in [3.8, 4) is 0 Å². The van der Waals surface area contributed by atoms with Gasteiger partial charge >= 0.3 is 18.1 Å². The molecule has 0 radical (unpaired) electrons. The Morgan fingerprint density at radius 3 is 2.18 bits per heavy atom. The van der Waals surface area contributed by atoms with Gasteiger partial charge in [0.1, 0.15) is 0 Å². The molecule has 0 bridgehead atoms. The zero-order valence-corrected chi connectivity index (χ0v) is 11.8. The Morgan fingerprint density at radius 1 is 1.27 bits per heavy atom. The highest BCUT2D eigenvalue weighted by Gasteiger charge is 2.38. The smallest absolute Gasteiger partial charge is 0.475 e. The third kappa shape index (κ3) is 7.06. The second-order valence-electron chi connectivity index (χ2n) is 3.38. The minimum Gasteiger partial charge on any atom is -0.475 e. The van der Waals surface area contributed by atoms with Crippen LogP contribution in [0.3, 0.4) is 0 Å². The number of esters is 1. The fourth-order valence-electron chi connectivity index (χ4n) is 1.00. The fourth-order valence-corrected chi connectivity index (χ4v) is 1.36. The Bertz CT molecular complexity index is 551. The van der Waals surface area contributed by atoms with E-state index in [9.17, 15) is 22.8 Å². The molecule has 0 aliphatic rings. The number of nitrogens with one attached hydrogen (secondary N) is 1. The lowest BCUT2D eigenvalue weighted by Gasteiger charge is -2.02. The van der Waals surface area contributed by atoms with Crippen LogP contribution in [0.2, 0.25) is 0 Å². The Kier molecular flexibility index (Phi) is 8.15. The third-order valence-corrected chi connectivity index (χ3v) is 2.45. The van der Waals surface area contributed by atoms with E-state index in [1.54, 1.807) is 18.2 Å². The molecule has 0 atom stereocenters. The molecule has 1 aromatic rings. The molecule has 0 amide bonds. The van der Waals surface area contributed by atoms with Crippen LogP contribution in [-0.4, -0.2) is 35.4 Å². The van der Waals surface area contributed by atoms with Crippen molar-refractivity contribution in [1.29, 1.82) is 0 Å². The highest BCUT2D eigenvalue weighted by molar-refractivity contribution is 8.12. The van der Waals surface area contributed by atoms with E-state index in [1.165, 1.54) is 13.2 Å². The molecule has 0 aliphatic carbocycles. The molecule has 0 aromatic heterocycles. The van der Waals surface area contributed by atoms with Gasteiger partial charge in [-0.1, -0.05) is 12.1 Å². The molecule has 4 N–H and O–H groups in total. The standard InChI is InChI=1S/C9H10N2O3S.C2HF3O2/c1-14-8(12)6-3-2-4-7(5-6)9(13)15-11-10;3-2(4,5)1(6)7/h2-5,11H,10H2,1H3;(H,6,7). The molecular formula is C11H11F3N2O5S. The molecule has 22 heavy (non-hydrogen) atoms. The van der Waals surface area contributed by atoms with Gasteiger partial charge < -0.3 is 9.84 Å². The molecule has 1 rings (SSSR count). The first kappa shape index (κ1) is 19.9. The van der Waals surface area contributed by atoms with Gasteiger partial charge in [-0.05, 0) is 12.1 Å². The van der Waals surface area contributed by atoms with Gasteiger partial charge in [0.15, 0.2) is 0 Å². The lowest BCUT2D eigenvalue weighted by molar-refractivity contribution is -0.192. The molecule has 0 unspecified atom stereocenters. The van der Waals surface area contributed by atoms with E-state index < -0.39 is 18.1 Å². The number of hydrazine groups is 1. The van der Waals surface area contributed by atoms with Crippen molar-refractivity contribution < 1.29 is 37.4 Å². The number of carbonyl (C=O) groups is 3. The van der Waals surface area contributed by atoms with Crippen LogP contribution in [0.4, 0.5) is 13.2 Å². The molecule has 0 fully saturated rings. The fraction of sp³-hybridized carbons (Fsp3) is 0.182. The van der Waals surface area contributed by atoms with Gasteiger partial charge in [0.2, 0.25) is 5.12 Å². The number of carbonyl (C=O) groups excluding carboxylic acids is 2. The Balaban J connectivity index is 0.000000534. The van der Waals surface area contributed by atoms with Crippen LogP contribution in [0.15, 0.2) is 24.3 Å². The maximum absolute atomic E-state index is 11.4. The molecular weight excluding hydrogens is 329 g/mol. The number of hydrogen-bond acceptors (Lipinski definition) is 7. The third-order valence-electron chi connectivity index (χ3n) is 1.91. The Labute approximate surface area is 126 Å². The van der Waals surface area contributed by atoms with Crippen LogP contribution < -0.4 is 10.7 Å². The lowest BCUT2D eigenvalue weighted by atomic mass is 10.1. The summed E-state index contributed by atoms with van der Waals surface area (Å²) in [4.78, 5) is 33.6. The molecule has 0 saturated heterocycles. The number of aliphatic carboxylic acids is 1. The summed E-state index contributed by atoms with van der Waals surface area (Å²) in [5.41, 5.74) is 0.724. The number of ether oxygens (including phenoxy) is 1. The topological polar surface area (TPSA) is 119 Å². The summed E-state index contributed by atoms with van der Waals surface area (Å²) >= 11 is 0.749. The lowest BCUT2D eigenvalue weighted by Crippen LogP contribution is -2.21. The van der Waals surface area contributed by atoms with Crippen molar-refractivity contribution in [2.45, 2.75) is 6.18 Å². The van der Waals surface area contributed by atoms with Crippen molar-refractivity contribution in [3.63, 3.8) is 0 Å². The van der Waals surface area contributed by atoms with Gasteiger partial charge in [0.25, 0.3) is 0 Å². The van der Waals surface area contributed by atoms with Crippen LogP contribution in [0, 0.1) is 0 Å². The van der Waals surface area contributed by atoms with E-state index in [0.29, 0.717) is 11.1 Å². The first-order chi connectivity index (χ1) is 10.1. The predicted molar refractivity (Wildman–Crippen MR) is 70.7 cm³/mol. The summed E-state index contributed by atoms with van der Waals surface area (Å²) in [5, 5.41) is 6.86. The maximum Gasteiger partial charge on any atom is 0.490 e. The highest BCUT2D eigenvalue weighted by atomic mass is 32.2. The normalized spacial score (nSPS) is 10.2. The monoisotopic (exact) mass is 340 g/mol. The summed E-state index contributed by atoms with van der Waals surface area (Å²) in [6.07, 6.45) is -5.08. The summed E-state index contributed by atoms with van der Waals surface area (Å²) in [5.74, 6) is 1.76. The van der Waals surface area contributed by atoms with Crippen LogP contribution in [-0.2, 0) is 9.53 Å². The van der Waals surface area contributed by atoms with Gasteiger partial charge in [0, 0.05) is 17.5 Å². The molecule has 0 aliphatic heterocycles. The molecule has 0 spiro atoms. The first-order valence-electron chi connectivity index (χ1n) is 5.28. The van der Waals surface area contributed by atoms with Gasteiger partial charge in [-0.3, -0.25) is 10.6 Å².